The average molecular weight is 397 g/mol. The zero-order valence-electron chi connectivity index (χ0n) is 13.2. The van der Waals surface area contributed by atoms with Crippen molar-refractivity contribution in [1.82, 2.24) is 4.98 Å². The topological polar surface area (TPSA) is 42.0 Å². The fraction of sp³-hybridized carbons (Fsp3) is 0.176. The lowest BCUT2D eigenvalue weighted by molar-refractivity contribution is -0.115. The number of carbonyl (C=O) groups excluding carboxylic acids is 1. The third-order valence-electron chi connectivity index (χ3n) is 3.38. The number of nitrogens with one attached hydrogen (secondary N) is 1. The van der Waals surface area contributed by atoms with Gasteiger partial charge in [-0.2, -0.15) is 11.3 Å². The molecule has 0 aliphatic heterocycles. The van der Waals surface area contributed by atoms with Crippen molar-refractivity contribution in [3.05, 3.63) is 57.7 Å². The highest BCUT2D eigenvalue weighted by Gasteiger charge is 2.18. The molecular formula is C17H14F2N2OS3. The lowest BCUT2D eigenvalue weighted by atomic mass is 10.3. The van der Waals surface area contributed by atoms with Crippen molar-refractivity contribution in [3.63, 3.8) is 0 Å². The van der Waals surface area contributed by atoms with Gasteiger partial charge in [-0.1, -0.05) is 6.07 Å². The van der Waals surface area contributed by atoms with E-state index in [1.165, 1.54) is 17.8 Å². The van der Waals surface area contributed by atoms with Gasteiger partial charge in [-0.25, -0.2) is 13.8 Å². The molecule has 1 N–H and O–H groups in total. The second-order valence-corrected chi connectivity index (χ2v) is 8.16. The maximum atomic E-state index is 13.6. The largest absolute Gasteiger partial charge is 0.320 e. The predicted molar refractivity (Wildman–Crippen MR) is 101 cm³/mol. The molecule has 3 nitrogen and oxygen atoms in total. The van der Waals surface area contributed by atoms with Crippen LogP contribution in [0.5, 0.6) is 0 Å². The van der Waals surface area contributed by atoms with Gasteiger partial charge >= 0.3 is 0 Å². The molecule has 25 heavy (non-hydrogen) atoms. The van der Waals surface area contributed by atoms with Crippen LogP contribution in [0.3, 0.4) is 0 Å². The maximum Gasteiger partial charge on any atom is 0.237 e. The quantitative estimate of drug-likeness (QED) is 0.606. The van der Waals surface area contributed by atoms with Crippen molar-refractivity contribution < 1.29 is 13.6 Å². The van der Waals surface area contributed by atoms with Crippen LogP contribution in [0.25, 0.3) is 10.6 Å². The second-order valence-electron chi connectivity index (χ2n) is 5.20. The van der Waals surface area contributed by atoms with E-state index in [2.05, 4.69) is 10.3 Å². The summed E-state index contributed by atoms with van der Waals surface area (Å²) in [5.74, 6) is -1.46. The minimum atomic E-state index is -0.787. The summed E-state index contributed by atoms with van der Waals surface area (Å²) < 4.78 is 27.2. The highest BCUT2D eigenvalue weighted by atomic mass is 32.2. The number of thiophene rings is 1. The Labute approximate surface area is 156 Å². The number of aromatic nitrogens is 1. The number of rotatable bonds is 6. The summed E-state index contributed by atoms with van der Waals surface area (Å²) in [5, 5.41) is 8.79. The third kappa shape index (κ3) is 4.45. The molecule has 1 atom stereocenters. The van der Waals surface area contributed by atoms with Crippen LogP contribution in [0.15, 0.2) is 40.4 Å². The van der Waals surface area contributed by atoms with Crippen LogP contribution >= 0.6 is 34.4 Å². The van der Waals surface area contributed by atoms with E-state index in [9.17, 15) is 13.6 Å². The lowest BCUT2D eigenvalue weighted by Crippen LogP contribution is -2.23. The molecule has 2 heterocycles. The van der Waals surface area contributed by atoms with Gasteiger partial charge in [0.25, 0.3) is 0 Å². The molecule has 2 aromatic heterocycles. The van der Waals surface area contributed by atoms with Gasteiger partial charge in [-0.05, 0) is 30.5 Å². The molecule has 0 radical (unpaired) electrons. The number of nitrogens with zero attached hydrogens (tertiary/aromatic N) is 1. The highest BCUT2D eigenvalue weighted by molar-refractivity contribution is 7.99. The maximum absolute atomic E-state index is 13.6. The summed E-state index contributed by atoms with van der Waals surface area (Å²) in [4.78, 5) is 16.7. The Kier molecular flexibility index (Phi) is 5.82. The second kappa shape index (κ2) is 8.07. The van der Waals surface area contributed by atoms with Crippen LogP contribution in [0.1, 0.15) is 12.6 Å². The molecule has 0 aliphatic rings. The molecule has 3 rings (SSSR count). The summed E-state index contributed by atoms with van der Waals surface area (Å²) >= 11 is 4.54. The first-order valence-electron chi connectivity index (χ1n) is 7.38. The SMILES string of the molecule is CC(SCc1csc(-c2ccsc2)n1)C(=O)Nc1c(F)cccc1F. The molecule has 3 aromatic rings. The molecule has 1 amide bonds. The molecule has 0 bridgehead atoms. The number of anilines is 1. The zero-order chi connectivity index (χ0) is 17.8. The van der Waals surface area contributed by atoms with E-state index in [0.29, 0.717) is 5.75 Å². The minimum absolute atomic E-state index is 0.409. The number of thiazole rings is 1. The highest BCUT2D eigenvalue weighted by Crippen LogP contribution is 2.28. The molecule has 0 saturated heterocycles. The van der Waals surface area contributed by atoms with E-state index in [4.69, 9.17) is 0 Å². The first-order valence-corrected chi connectivity index (χ1v) is 10.2. The Morgan fingerprint density at radius 1 is 1.28 bits per heavy atom. The van der Waals surface area contributed by atoms with Crippen molar-refractivity contribution in [2.45, 2.75) is 17.9 Å². The van der Waals surface area contributed by atoms with Gasteiger partial charge in [0.2, 0.25) is 5.91 Å². The molecule has 1 unspecified atom stereocenters. The van der Waals surface area contributed by atoms with E-state index in [1.807, 2.05) is 22.2 Å². The summed E-state index contributed by atoms with van der Waals surface area (Å²) in [6.07, 6.45) is 0. The number of carbonyl (C=O) groups is 1. The molecule has 0 spiro atoms. The molecule has 0 saturated carbocycles. The lowest BCUT2D eigenvalue weighted by Gasteiger charge is -2.12. The van der Waals surface area contributed by atoms with Crippen molar-refractivity contribution in [2.24, 2.45) is 0 Å². The van der Waals surface area contributed by atoms with Gasteiger partial charge in [0.15, 0.2) is 0 Å². The van der Waals surface area contributed by atoms with Crippen molar-refractivity contribution in [3.8, 4) is 10.6 Å². The van der Waals surface area contributed by atoms with Gasteiger partial charge < -0.3 is 5.32 Å². The van der Waals surface area contributed by atoms with E-state index in [0.717, 1.165) is 28.4 Å². The fourth-order valence-electron chi connectivity index (χ4n) is 2.02. The van der Waals surface area contributed by atoms with Crippen molar-refractivity contribution in [2.75, 3.05) is 5.32 Å². The fourth-order valence-corrected chi connectivity index (χ4v) is 4.44. The monoisotopic (exact) mass is 396 g/mol. The Hall–Kier alpha value is -1.77. The van der Waals surface area contributed by atoms with Crippen LogP contribution in [-0.2, 0) is 10.5 Å². The van der Waals surface area contributed by atoms with Crippen LogP contribution in [0.2, 0.25) is 0 Å². The van der Waals surface area contributed by atoms with Gasteiger partial charge in [0.05, 0.1) is 10.9 Å². The van der Waals surface area contributed by atoms with Gasteiger partial charge in [-0.15, -0.1) is 23.1 Å². The summed E-state index contributed by atoms with van der Waals surface area (Å²) in [5.41, 5.74) is 1.56. The van der Waals surface area contributed by atoms with Crippen LogP contribution in [-0.4, -0.2) is 16.1 Å². The van der Waals surface area contributed by atoms with Crippen molar-refractivity contribution >= 4 is 46.0 Å². The number of thioether (sulfide) groups is 1. The van der Waals surface area contributed by atoms with E-state index in [-0.39, 0.29) is 0 Å². The van der Waals surface area contributed by atoms with Gasteiger partial charge in [-0.3, -0.25) is 4.79 Å². The zero-order valence-corrected chi connectivity index (χ0v) is 15.6. The van der Waals surface area contributed by atoms with Gasteiger partial charge in [0, 0.05) is 22.1 Å². The standard InChI is InChI=1S/C17H14F2N2OS3/c1-10(16(22)21-15-13(18)3-2-4-14(15)19)24-8-12-9-25-17(20-12)11-5-6-23-7-11/h2-7,9-10H,8H2,1H3,(H,21,22). The Morgan fingerprint density at radius 2 is 2.04 bits per heavy atom. The number of para-hydroxylation sites is 1. The van der Waals surface area contributed by atoms with E-state index in [1.54, 1.807) is 29.6 Å². The Bertz CT molecular complexity index is 844. The average Bonchev–Trinajstić information content (AvgIpc) is 3.26. The number of benzene rings is 1. The van der Waals surface area contributed by atoms with Crippen LogP contribution < -0.4 is 5.32 Å². The third-order valence-corrected chi connectivity index (χ3v) is 6.18. The molecule has 0 fully saturated rings. The van der Waals surface area contributed by atoms with Gasteiger partial charge in [0.1, 0.15) is 22.3 Å². The first kappa shape index (κ1) is 18.0. The summed E-state index contributed by atoms with van der Waals surface area (Å²) in [7, 11) is 0. The molecule has 8 heteroatoms. The number of amides is 1. The predicted octanol–water partition coefficient (Wildman–Crippen LogP) is 5.41. The normalized spacial score (nSPS) is 12.1. The Morgan fingerprint density at radius 3 is 2.72 bits per heavy atom. The van der Waals surface area contributed by atoms with Crippen LogP contribution in [0, 0.1) is 11.6 Å². The minimum Gasteiger partial charge on any atom is -0.320 e. The first-order chi connectivity index (χ1) is 12.0. The molecule has 0 aliphatic carbocycles. The number of hydrogen-bond acceptors (Lipinski definition) is 5. The Balaban J connectivity index is 1.57. The van der Waals surface area contributed by atoms with E-state index >= 15 is 0 Å². The smallest absolute Gasteiger partial charge is 0.237 e. The molecular weight excluding hydrogens is 382 g/mol. The summed E-state index contributed by atoms with van der Waals surface area (Å²) in [6.45, 7) is 1.70. The number of halogens is 2. The molecule has 130 valence electrons. The van der Waals surface area contributed by atoms with Crippen LogP contribution in [0.4, 0.5) is 14.5 Å². The molecule has 1 aromatic carbocycles. The van der Waals surface area contributed by atoms with Crippen molar-refractivity contribution in [1.29, 1.82) is 0 Å². The van der Waals surface area contributed by atoms with E-state index < -0.39 is 28.5 Å². The summed E-state index contributed by atoms with van der Waals surface area (Å²) in [6, 6.07) is 5.49. The number of hydrogen-bond donors (Lipinski definition) is 1.